The number of hydrogen-bond acceptors (Lipinski definition) is 2. The second-order valence-electron chi connectivity index (χ2n) is 5.68. The molecule has 2 rings (SSSR count). The molecule has 5 nitrogen and oxygen atoms in total. The molecule has 124 valence electrons. The van der Waals surface area contributed by atoms with Crippen molar-refractivity contribution in [2.24, 2.45) is 0 Å². The van der Waals surface area contributed by atoms with Crippen molar-refractivity contribution >= 4 is 6.03 Å². The van der Waals surface area contributed by atoms with E-state index in [4.69, 9.17) is 0 Å². The number of nitrogens with zero attached hydrogens (tertiary/aromatic N) is 3. The van der Waals surface area contributed by atoms with E-state index in [0.29, 0.717) is 25.2 Å². The lowest BCUT2D eigenvalue weighted by Crippen LogP contribution is -2.42. The highest BCUT2D eigenvalue weighted by Gasteiger charge is 2.16. The molecule has 0 spiro atoms. The molecule has 0 aliphatic rings. The van der Waals surface area contributed by atoms with Gasteiger partial charge in [0.15, 0.2) is 0 Å². The molecule has 0 saturated heterocycles. The molecule has 0 aliphatic heterocycles. The summed E-state index contributed by atoms with van der Waals surface area (Å²) >= 11 is 0. The summed E-state index contributed by atoms with van der Waals surface area (Å²) in [7, 11) is 0. The molecular weight excluding hydrogens is 295 g/mol. The normalized spacial score (nSPS) is 10.8. The van der Waals surface area contributed by atoms with Gasteiger partial charge >= 0.3 is 6.03 Å². The van der Waals surface area contributed by atoms with Gasteiger partial charge in [0.1, 0.15) is 11.6 Å². The van der Waals surface area contributed by atoms with E-state index in [1.165, 1.54) is 6.07 Å². The third kappa shape index (κ3) is 4.55. The maximum Gasteiger partial charge on any atom is 0.317 e. The number of carbonyl (C=O) groups excluding carboxylic acids is 1. The van der Waals surface area contributed by atoms with Crippen molar-refractivity contribution in [1.29, 1.82) is 0 Å². The number of nitrogens with one attached hydrogen (secondary N) is 1. The van der Waals surface area contributed by atoms with Gasteiger partial charge in [0.2, 0.25) is 0 Å². The maximum atomic E-state index is 13.8. The number of rotatable bonds is 6. The molecule has 1 aromatic heterocycles. The molecule has 0 atom stereocenters. The standard InChI is InChI=1S/C17H23FN4O/c1-4-21(17(23)20-13(2)3)12-16-19-9-10-22(16)11-14-7-5-6-8-15(14)18/h5-10,13H,4,11-12H2,1-3H3,(H,20,23). The molecule has 1 aromatic carbocycles. The second-order valence-corrected chi connectivity index (χ2v) is 5.68. The average Bonchev–Trinajstić information content (AvgIpc) is 2.93. The van der Waals surface area contributed by atoms with Crippen LogP contribution in [0.2, 0.25) is 0 Å². The van der Waals surface area contributed by atoms with Crippen LogP contribution in [-0.2, 0) is 13.1 Å². The molecule has 2 aromatic rings. The van der Waals surface area contributed by atoms with Gasteiger partial charge < -0.3 is 14.8 Å². The predicted molar refractivity (Wildman–Crippen MR) is 87.5 cm³/mol. The number of halogens is 1. The van der Waals surface area contributed by atoms with Crippen molar-refractivity contribution in [3.63, 3.8) is 0 Å². The van der Waals surface area contributed by atoms with E-state index in [2.05, 4.69) is 10.3 Å². The largest absolute Gasteiger partial charge is 0.336 e. The lowest BCUT2D eigenvalue weighted by molar-refractivity contribution is 0.193. The number of imidazole rings is 1. The fourth-order valence-electron chi connectivity index (χ4n) is 2.28. The molecule has 0 bridgehead atoms. The second kappa shape index (κ2) is 7.76. The lowest BCUT2D eigenvalue weighted by Gasteiger charge is -2.23. The van der Waals surface area contributed by atoms with Crippen molar-refractivity contribution in [2.45, 2.75) is 39.9 Å². The van der Waals surface area contributed by atoms with Crippen molar-refractivity contribution in [2.75, 3.05) is 6.54 Å². The van der Waals surface area contributed by atoms with Gasteiger partial charge in [-0.2, -0.15) is 0 Å². The third-order valence-corrected chi connectivity index (χ3v) is 3.51. The molecule has 0 unspecified atom stereocenters. The van der Waals surface area contributed by atoms with E-state index >= 15 is 0 Å². The van der Waals surface area contributed by atoms with Gasteiger partial charge in [0.25, 0.3) is 0 Å². The molecule has 23 heavy (non-hydrogen) atoms. The van der Waals surface area contributed by atoms with Gasteiger partial charge in [-0.15, -0.1) is 0 Å². The highest BCUT2D eigenvalue weighted by atomic mass is 19.1. The first-order valence-corrected chi connectivity index (χ1v) is 7.80. The van der Waals surface area contributed by atoms with Crippen LogP contribution >= 0.6 is 0 Å². The van der Waals surface area contributed by atoms with Gasteiger partial charge in [0, 0.05) is 30.5 Å². The van der Waals surface area contributed by atoms with E-state index in [9.17, 15) is 9.18 Å². The van der Waals surface area contributed by atoms with Crippen molar-refractivity contribution < 1.29 is 9.18 Å². The Hall–Kier alpha value is -2.37. The predicted octanol–water partition coefficient (Wildman–Crippen LogP) is 3.01. The fourth-order valence-corrected chi connectivity index (χ4v) is 2.28. The van der Waals surface area contributed by atoms with Crippen LogP contribution in [0.25, 0.3) is 0 Å². The van der Waals surface area contributed by atoms with E-state index in [-0.39, 0.29) is 17.9 Å². The van der Waals surface area contributed by atoms with Crippen molar-refractivity contribution in [3.05, 3.63) is 53.9 Å². The Bertz CT molecular complexity index is 654. The van der Waals surface area contributed by atoms with E-state index < -0.39 is 0 Å². The Kier molecular flexibility index (Phi) is 5.73. The molecule has 1 N–H and O–H groups in total. The first kappa shape index (κ1) is 17.0. The molecular formula is C17H23FN4O. The summed E-state index contributed by atoms with van der Waals surface area (Å²) in [5, 5.41) is 2.87. The van der Waals surface area contributed by atoms with Crippen LogP contribution in [0.5, 0.6) is 0 Å². The maximum absolute atomic E-state index is 13.8. The monoisotopic (exact) mass is 318 g/mol. The molecule has 6 heteroatoms. The average molecular weight is 318 g/mol. The Labute approximate surface area is 136 Å². The molecule has 0 aliphatic carbocycles. The number of carbonyl (C=O) groups is 1. The number of aromatic nitrogens is 2. The zero-order valence-electron chi connectivity index (χ0n) is 13.8. The van der Waals surface area contributed by atoms with E-state index in [1.54, 1.807) is 29.4 Å². The van der Waals surface area contributed by atoms with Crippen LogP contribution in [0.15, 0.2) is 36.7 Å². The molecule has 2 amide bonds. The first-order valence-electron chi connectivity index (χ1n) is 7.80. The Morgan fingerprint density at radius 2 is 2.13 bits per heavy atom. The van der Waals surface area contributed by atoms with Crippen LogP contribution < -0.4 is 5.32 Å². The summed E-state index contributed by atoms with van der Waals surface area (Å²) in [6.07, 6.45) is 3.47. The summed E-state index contributed by atoms with van der Waals surface area (Å²) in [5.41, 5.74) is 0.599. The topological polar surface area (TPSA) is 50.2 Å². The Balaban J connectivity index is 2.11. The minimum Gasteiger partial charge on any atom is -0.336 e. The number of benzene rings is 1. The first-order chi connectivity index (χ1) is 11.0. The summed E-state index contributed by atoms with van der Waals surface area (Å²) in [5.74, 6) is 0.492. The third-order valence-electron chi connectivity index (χ3n) is 3.51. The van der Waals surface area contributed by atoms with Crippen molar-refractivity contribution in [1.82, 2.24) is 19.8 Å². The summed E-state index contributed by atoms with van der Waals surface area (Å²) in [6.45, 7) is 7.12. The molecule has 1 heterocycles. The number of amides is 2. The van der Waals surface area contributed by atoms with Crippen LogP contribution in [0.4, 0.5) is 9.18 Å². The van der Waals surface area contributed by atoms with Crippen LogP contribution in [0.1, 0.15) is 32.2 Å². The minimum atomic E-state index is -0.239. The smallest absolute Gasteiger partial charge is 0.317 e. The quantitative estimate of drug-likeness (QED) is 0.890. The van der Waals surface area contributed by atoms with Gasteiger partial charge in [-0.1, -0.05) is 18.2 Å². The van der Waals surface area contributed by atoms with Crippen molar-refractivity contribution in [3.8, 4) is 0 Å². The molecule has 0 fully saturated rings. The Morgan fingerprint density at radius 3 is 2.78 bits per heavy atom. The van der Waals surface area contributed by atoms with Gasteiger partial charge in [-0.3, -0.25) is 0 Å². The lowest BCUT2D eigenvalue weighted by atomic mass is 10.2. The number of urea groups is 1. The van der Waals surface area contributed by atoms with E-state index in [0.717, 1.165) is 5.82 Å². The summed E-state index contributed by atoms with van der Waals surface area (Å²) in [6, 6.07) is 6.63. The SMILES string of the molecule is CCN(Cc1nccn1Cc1ccccc1F)C(=O)NC(C)C. The summed E-state index contributed by atoms with van der Waals surface area (Å²) < 4.78 is 15.7. The van der Waals surface area contributed by atoms with Crippen LogP contribution in [-0.4, -0.2) is 33.1 Å². The molecule has 0 radical (unpaired) electrons. The fraction of sp³-hybridized carbons (Fsp3) is 0.412. The van der Waals surface area contributed by atoms with Crippen LogP contribution in [0.3, 0.4) is 0 Å². The zero-order valence-corrected chi connectivity index (χ0v) is 13.8. The number of hydrogen-bond donors (Lipinski definition) is 1. The van der Waals surface area contributed by atoms with Gasteiger partial charge in [-0.25, -0.2) is 14.2 Å². The van der Waals surface area contributed by atoms with E-state index in [1.807, 2.05) is 31.4 Å². The zero-order chi connectivity index (χ0) is 16.8. The van der Waals surface area contributed by atoms with Gasteiger partial charge in [0.05, 0.1) is 13.1 Å². The molecule has 0 saturated carbocycles. The minimum absolute atomic E-state index is 0.0784. The van der Waals surface area contributed by atoms with Crippen LogP contribution in [0, 0.1) is 5.82 Å². The van der Waals surface area contributed by atoms with Gasteiger partial charge in [-0.05, 0) is 26.8 Å². The Morgan fingerprint density at radius 1 is 1.39 bits per heavy atom. The highest BCUT2D eigenvalue weighted by molar-refractivity contribution is 5.74. The highest BCUT2D eigenvalue weighted by Crippen LogP contribution is 2.11. The summed E-state index contributed by atoms with van der Waals surface area (Å²) in [4.78, 5) is 18.1.